The highest BCUT2D eigenvalue weighted by Crippen LogP contribution is 2.25. The zero-order chi connectivity index (χ0) is 17.6. The molecule has 7 heteroatoms. The molecule has 3 rings (SSSR count). The summed E-state index contributed by atoms with van der Waals surface area (Å²) in [5.41, 5.74) is 3.47. The van der Waals surface area contributed by atoms with Crippen LogP contribution < -0.4 is 10.6 Å². The molecule has 0 aliphatic rings. The van der Waals surface area contributed by atoms with Crippen LogP contribution in [0.15, 0.2) is 48.8 Å². The molecule has 25 heavy (non-hydrogen) atoms. The fraction of sp³-hybridized carbons (Fsp3) is 0.167. The fourth-order valence-corrected chi connectivity index (χ4v) is 2.41. The van der Waals surface area contributed by atoms with Gasteiger partial charge in [0.2, 0.25) is 5.95 Å². The van der Waals surface area contributed by atoms with Crippen LogP contribution in [0.1, 0.15) is 5.56 Å². The van der Waals surface area contributed by atoms with Crippen LogP contribution in [-0.4, -0.2) is 33.2 Å². The summed E-state index contributed by atoms with van der Waals surface area (Å²) in [5.74, 6) is 1.07. The van der Waals surface area contributed by atoms with Gasteiger partial charge in [0.05, 0.1) is 12.3 Å². The molecule has 1 aromatic carbocycles. The molecule has 0 atom stereocenters. The second-order valence-electron chi connectivity index (χ2n) is 5.44. The van der Waals surface area contributed by atoms with E-state index in [1.807, 2.05) is 43.3 Å². The average Bonchev–Trinajstić information content (AvgIpc) is 2.63. The van der Waals surface area contributed by atoms with Crippen molar-refractivity contribution in [3.63, 3.8) is 0 Å². The van der Waals surface area contributed by atoms with E-state index in [1.54, 1.807) is 12.4 Å². The molecule has 0 amide bonds. The highest BCUT2D eigenvalue weighted by Gasteiger charge is 2.08. The lowest BCUT2D eigenvalue weighted by molar-refractivity contribution is 0.311. The minimum absolute atomic E-state index is 0.000376. The number of aliphatic hydroxyl groups is 1. The molecule has 6 nitrogen and oxygen atoms in total. The van der Waals surface area contributed by atoms with E-state index in [9.17, 15) is 0 Å². The second-order valence-corrected chi connectivity index (χ2v) is 5.85. The molecular weight excluding hydrogens is 338 g/mol. The first-order chi connectivity index (χ1) is 12.2. The summed E-state index contributed by atoms with van der Waals surface area (Å²) in [6, 6.07) is 11.3. The van der Waals surface area contributed by atoms with Crippen LogP contribution in [0.4, 0.5) is 17.5 Å². The molecule has 0 radical (unpaired) electrons. The smallest absolute Gasteiger partial charge is 0.225 e. The van der Waals surface area contributed by atoms with Crippen molar-refractivity contribution in [1.82, 2.24) is 15.0 Å². The largest absolute Gasteiger partial charge is 0.395 e. The molecule has 2 heterocycles. The van der Waals surface area contributed by atoms with Crippen molar-refractivity contribution in [2.24, 2.45) is 0 Å². The monoisotopic (exact) mass is 355 g/mol. The van der Waals surface area contributed by atoms with Gasteiger partial charge in [-0.25, -0.2) is 4.98 Å². The minimum atomic E-state index is -0.000376. The van der Waals surface area contributed by atoms with Crippen molar-refractivity contribution in [2.75, 3.05) is 23.8 Å². The van der Waals surface area contributed by atoms with Crippen molar-refractivity contribution in [3.05, 3.63) is 59.4 Å². The molecular formula is C18H18ClN5O. The first-order valence-electron chi connectivity index (χ1n) is 7.83. The maximum Gasteiger partial charge on any atom is 0.225 e. The molecule has 3 aromatic rings. The van der Waals surface area contributed by atoms with Gasteiger partial charge in [0.15, 0.2) is 0 Å². The van der Waals surface area contributed by atoms with Gasteiger partial charge in [-0.15, -0.1) is 0 Å². The Morgan fingerprint density at radius 1 is 1.16 bits per heavy atom. The number of aromatic nitrogens is 3. The van der Waals surface area contributed by atoms with E-state index in [0.29, 0.717) is 18.3 Å². The predicted octanol–water partition coefficient (Wildman–Crippen LogP) is 3.65. The highest BCUT2D eigenvalue weighted by molar-refractivity contribution is 6.31. The van der Waals surface area contributed by atoms with Crippen LogP contribution in [0.25, 0.3) is 11.3 Å². The van der Waals surface area contributed by atoms with Crippen molar-refractivity contribution in [3.8, 4) is 11.3 Å². The average molecular weight is 356 g/mol. The summed E-state index contributed by atoms with van der Waals surface area (Å²) in [6.45, 7) is 2.32. The third-order valence-electron chi connectivity index (χ3n) is 3.51. The van der Waals surface area contributed by atoms with Crippen LogP contribution in [0.2, 0.25) is 5.02 Å². The van der Waals surface area contributed by atoms with E-state index in [4.69, 9.17) is 16.7 Å². The van der Waals surface area contributed by atoms with Crippen molar-refractivity contribution in [1.29, 1.82) is 0 Å². The third-order valence-corrected chi connectivity index (χ3v) is 3.93. The summed E-state index contributed by atoms with van der Waals surface area (Å²) in [7, 11) is 0. The number of hydrogen-bond acceptors (Lipinski definition) is 6. The molecule has 2 aromatic heterocycles. The minimum Gasteiger partial charge on any atom is -0.395 e. The van der Waals surface area contributed by atoms with Crippen molar-refractivity contribution < 1.29 is 5.11 Å². The van der Waals surface area contributed by atoms with Crippen LogP contribution >= 0.6 is 11.6 Å². The summed E-state index contributed by atoms with van der Waals surface area (Å²) in [5, 5.41) is 16.0. The quantitative estimate of drug-likeness (QED) is 0.626. The summed E-state index contributed by atoms with van der Waals surface area (Å²) in [6.07, 6.45) is 3.46. The SMILES string of the molecule is Cc1cc(Nc2cc(-c3cccnc3)nc(NCCO)n2)ccc1Cl. The Morgan fingerprint density at radius 2 is 2.04 bits per heavy atom. The molecule has 0 saturated heterocycles. The number of nitrogens with one attached hydrogen (secondary N) is 2. The lowest BCUT2D eigenvalue weighted by Gasteiger charge is -2.11. The van der Waals surface area contributed by atoms with Crippen LogP contribution in [0.3, 0.4) is 0 Å². The summed E-state index contributed by atoms with van der Waals surface area (Å²) >= 11 is 6.08. The number of benzene rings is 1. The molecule has 0 fully saturated rings. The second kappa shape index (κ2) is 7.92. The van der Waals surface area contributed by atoms with Gasteiger partial charge < -0.3 is 15.7 Å². The Morgan fingerprint density at radius 3 is 2.76 bits per heavy atom. The van der Waals surface area contributed by atoms with E-state index in [2.05, 4.69) is 25.6 Å². The zero-order valence-electron chi connectivity index (χ0n) is 13.7. The number of aryl methyl sites for hydroxylation is 1. The highest BCUT2D eigenvalue weighted by atomic mass is 35.5. The third kappa shape index (κ3) is 4.43. The van der Waals surface area contributed by atoms with E-state index in [1.165, 1.54) is 0 Å². The van der Waals surface area contributed by atoms with Crippen LogP contribution in [-0.2, 0) is 0 Å². The Balaban J connectivity index is 1.95. The first-order valence-corrected chi connectivity index (χ1v) is 8.21. The Kier molecular flexibility index (Phi) is 5.42. The maximum atomic E-state index is 9.02. The number of anilines is 3. The van der Waals surface area contributed by atoms with Gasteiger partial charge in [0, 0.05) is 41.3 Å². The van der Waals surface area contributed by atoms with Crippen LogP contribution in [0, 0.1) is 6.92 Å². The van der Waals surface area contributed by atoms with Gasteiger partial charge >= 0.3 is 0 Å². The van der Waals surface area contributed by atoms with Gasteiger partial charge in [0.25, 0.3) is 0 Å². The number of halogens is 1. The molecule has 0 bridgehead atoms. The Labute approximate surface area is 150 Å². The molecule has 0 aliphatic carbocycles. The molecule has 128 valence electrons. The summed E-state index contributed by atoms with van der Waals surface area (Å²) < 4.78 is 0. The van der Waals surface area contributed by atoms with Gasteiger partial charge in [0.1, 0.15) is 5.82 Å². The van der Waals surface area contributed by atoms with Gasteiger partial charge in [-0.1, -0.05) is 11.6 Å². The number of rotatable bonds is 6. The zero-order valence-corrected chi connectivity index (χ0v) is 14.5. The van der Waals surface area contributed by atoms with Crippen molar-refractivity contribution >= 4 is 29.1 Å². The van der Waals surface area contributed by atoms with E-state index in [0.717, 1.165) is 27.5 Å². The number of nitrogens with zero attached hydrogens (tertiary/aromatic N) is 3. The Hall–Kier alpha value is -2.70. The first kappa shape index (κ1) is 17.1. The number of pyridine rings is 1. The van der Waals surface area contributed by atoms with Crippen molar-refractivity contribution in [2.45, 2.75) is 6.92 Å². The molecule has 3 N–H and O–H groups in total. The molecule has 0 aliphatic heterocycles. The van der Waals surface area contributed by atoms with Gasteiger partial charge in [-0.05, 0) is 42.8 Å². The molecule has 0 unspecified atom stereocenters. The Bertz CT molecular complexity index is 857. The molecule has 0 saturated carbocycles. The molecule has 0 spiro atoms. The van der Waals surface area contributed by atoms with E-state index < -0.39 is 0 Å². The van der Waals surface area contributed by atoms with Gasteiger partial charge in [-0.2, -0.15) is 4.98 Å². The maximum absolute atomic E-state index is 9.02. The van der Waals surface area contributed by atoms with Crippen LogP contribution in [0.5, 0.6) is 0 Å². The topological polar surface area (TPSA) is 83.0 Å². The lowest BCUT2D eigenvalue weighted by atomic mass is 10.2. The lowest BCUT2D eigenvalue weighted by Crippen LogP contribution is -2.10. The summed E-state index contributed by atoms with van der Waals surface area (Å²) in [4.78, 5) is 13.1. The fourth-order valence-electron chi connectivity index (χ4n) is 2.29. The standard InChI is InChI=1S/C18H18ClN5O/c1-12-9-14(4-5-15(12)19)22-17-10-16(13-3-2-6-20-11-13)23-18(24-17)21-7-8-25/h2-6,9-11,25H,7-8H2,1H3,(H2,21,22,23,24). The van der Waals surface area contributed by atoms with E-state index in [-0.39, 0.29) is 6.61 Å². The normalized spacial score (nSPS) is 10.5. The predicted molar refractivity (Wildman–Crippen MR) is 100 cm³/mol. The number of aliphatic hydroxyl groups excluding tert-OH is 1. The number of hydrogen-bond donors (Lipinski definition) is 3. The van der Waals surface area contributed by atoms with E-state index >= 15 is 0 Å². The van der Waals surface area contributed by atoms with Gasteiger partial charge in [-0.3, -0.25) is 4.98 Å².